The highest BCUT2D eigenvalue weighted by molar-refractivity contribution is 7.47. The van der Waals surface area contributed by atoms with Crippen LogP contribution in [0.4, 0.5) is 0 Å². The van der Waals surface area contributed by atoms with Crippen molar-refractivity contribution in [2.24, 2.45) is 0 Å². The van der Waals surface area contributed by atoms with Gasteiger partial charge < -0.3 is 23.6 Å². The molecule has 0 spiro atoms. The number of phosphoric ester groups is 1. The second kappa shape index (κ2) is 35.2. The summed E-state index contributed by atoms with van der Waals surface area (Å²) < 4.78 is 40.4. The van der Waals surface area contributed by atoms with Crippen LogP contribution >= 0.6 is 7.82 Å². The maximum Gasteiger partial charge on any atom is 0.472 e. The van der Waals surface area contributed by atoms with Gasteiger partial charge in [0.15, 0.2) is 6.10 Å². The number of hydrogen-bond donors (Lipinski definition) is 1. The van der Waals surface area contributed by atoms with Gasteiger partial charge in [-0.05, 0) is 57.4 Å². The number of carbonyl (C=O) groups is 1. The SMILES string of the molecule is CCCCCCCCCCCCCCCC/C=C/OC[C@H](COP(=O)(O)OCC[N+](C)(C)C)OC(=O)CCC/C=C\C/C=C\C/C=C\CC1OC1CCCCC. The molecule has 1 fully saturated rings. The number of epoxide rings is 1. The van der Waals surface area contributed by atoms with Gasteiger partial charge in [0.05, 0.1) is 46.2 Å². The van der Waals surface area contributed by atoms with E-state index in [1.54, 1.807) is 6.26 Å². The van der Waals surface area contributed by atoms with Gasteiger partial charge in [-0.3, -0.25) is 13.8 Å². The van der Waals surface area contributed by atoms with Gasteiger partial charge in [0.1, 0.15) is 19.8 Å². The number of quaternary nitrogens is 1. The van der Waals surface area contributed by atoms with Crippen LogP contribution in [-0.2, 0) is 32.6 Å². The van der Waals surface area contributed by atoms with E-state index in [4.69, 9.17) is 23.3 Å². The van der Waals surface area contributed by atoms with Crippen molar-refractivity contribution in [3.05, 3.63) is 48.8 Å². The molecular formula is C46H85NO8P+. The van der Waals surface area contributed by atoms with Gasteiger partial charge in [0, 0.05) is 6.42 Å². The Balaban J connectivity index is 2.28. The number of nitrogens with zero attached hydrogens (tertiary/aromatic N) is 1. The van der Waals surface area contributed by atoms with E-state index in [1.807, 2.05) is 27.2 Å². The third-order valence-corrected chi connectivity index (χ3v) is 10.9. The smallest absolute Gasteiger partial charge is 0.472 e. The largest absolute Gasteiger partial charge is 0.498 e. The zero-order valence-electron chi connectivity index (χ0n) is 36.6. The molecule has 0 aromatic carbocycles. The molecule has 1 aliphatic rings. The van der Waals surface area contributed by atoms with Crippen LogP contribution in [0.3, 0.4) is 0 Å². The molecule has 0 radical (unpaired) electrons. The summed E-state index contributed by atoms with van der Waals surface area (Å²) in [4.78, 5) is 22.9. The third-order valence-electron chi connectivity index (χ3n) is 9.88. The molecule has 0 saturated carbocycles. The summed E-state index contributed by atoms with van der Waals surface area (Å²) in [5.41, 5.74) is 0. The van der Waals surface area contributed by atoms with Crippen molar-refractivity contribution < 1.29 is 42.0 Å². The van der Waals surface area contributed by atoms with Crippen LogP contribution in [0, 0.1) is 0 Å². The van der Waals surface area contributed by atoms with E-state index in [1.165, 1.54) is 109 Å². The maximum atomic E-state index is 12.7. The standard InChI is InChI=1S/C46H84NO8P/c1-6-8-10-11-12-13-14-15-16-17-18-21-24-27-30-34-39-51-41-43(42-53-56(49,50)52-40-38-47(3,4)5)54-46(48)37-33-29-26-23-20-19-22-25-28-32-36-45-44(55-45)35-31-9-7-2/h19,22-23,26,28,32,34,39,43-45H,6-18,20-21,24-25,27,29-31,33,35-38,40-42H2,1-5H3/p+1/b22-19-,26-23-,32-28-,39-34+/t43-,44?,45?/m1/s1. The number of unbranched alkanes of at least 4 members (excludes halogenated alkanes) is 17. The fourth-order valence-electron chi connectivity index (χ4n) is 6.25. The highest BCUT2D eigenvalue weighted by atomic mass is 31.2. The van der Waals surface area contributed by atoms with E-state index in [-0.39, 0.29) is 26.2 Å². The summed E-state index contributed by atoms with van der Waals surface area (Å²) in [6.07, 6.45) is 45.6. The first kappa shape index (κ1) is 52.3. The second-order valence-corrected chi connectivity index (χ2v) is 18.0. The first-order chi connectivity index (χ1) is 27.1. The van der Waals surface area contributed by atoms with Crippen LogP contribution in [0.5, 0.6) is 0 Å². The fraction of sp³-hybridized carbons (Fsp3) is 0.804. The molecule has 3 unspecified atom stereocenters. The predicted molar refractivity (Wildman–Crippen MR) is 232 cm³/mol. The minimum atomic E-state index is -4.31. The predicted octanol–water partition coefficient (Wildman–Crippen LogP) is 12.5. The number of phosphoric acid groups is 1. The first-order valence-corrected chi connectivity index (χ1v) is 24.0. The van der Waals surface area contributed by atoms with E-state index in [9.17, 15) is 14.3 Å². The van der Waals surface area contributed by atoms with Gasteiger partial charge in [-0.25, -0.2) is 4.57 Å². The molecule has 1 aliphatic heterocycles. The molecule has 0 aliphatic carbocycles. The summed E-state index contributed by atoms with van der Waals surface area (Å²) in [6.45, 7) is 4.83. The maximum absolute atomic E-state index is 12.7. The van der Waals surface area contributed by atoms with Gasteiger partial charge in [0.25, 0.3) is 0 Å². The van der Waals surface area contributed by atoms with Crippen LogP contribution in [0.15, 0.2) is 48.8 Å². The molecule has 10 heteroatoms. The van der Waals surface area contributed by atoms with Crippen LogP contribution in [0.25, 0.3) is 0 Å². The molecule has 1 heterocycles. The van der Waals surface area contributed by atoms with Crippen molar-refractivity contribution in [1.82, 2.24) is 0 Å². The Morgan fingerprint density at radius 1 is 0.679 bits per heavy atom. The van der Waals surface area contributed by atoms with Crippen LogP contribution in [0.2, 0.25) is 0 Å². The lowest BCUT2D eigenvalue weighted by molar-refractivity contribution is -0.870. The topological polar surface area (TPSA) is 104 Å². The highest BCUT2D eigenvalue weighted by Gasteiger charge is 2.36. The zero-order chi connectivity index (χ0) is 41.0. The van der Waals surface area contributed by atoms with Crippen molar-refractivity contribution >= 4 is 13.8 Å². The number of esters is 1. The minimum absolute atomic E-state index is 0.0230. The van der Waals surface area contributed by atoms with Crippen molar-refractivity contribution in [1.29, 1.82) is 0 Å². The molecule has 1 rings (SSSR count). The van der Waals surface area contributed by atoms with E-state index in [0.717, 1.165) is 38.5 Å². The molecule has 1 saturated heterocycles. The Hall–Kier alpha value is -1.74. The summed E-state index contributed by atoms with van der Waals surface area (Å²) in [5, 5.41) is 0. The third kappa shape index (κ3) is 35.4. The van der Waals surface area contributed by atoms with Crippen LogP contribution in [0.1, 0.15) is 174 Å². The number of carbonyl (C=O) groups excluding carboxylic acids is 1. The Morgan fingerprint density at radius 3 is 1.86 bits per heavy atom. The molecule has 56 heavy (non-hydrogen) atoms. The van der Waals surface area contributed by atoms with Gasteiger partial charge in [-0.15, -0.1) is 0 Å². The van der Waals surface area contributed by atoms with Crippen LogP contribution < -0.4 is 0 Å². The number of hydrogen-bond acceptors (Lipinski definition) is 7. The van der Waals surface area contributed by atoms with E-state index < -0.39 is 19.9 Å². The molecule has 0 aromatic rings. The average Bonchev–Trinajstić information content (AvgIpc) is 3.90. The molecule has 1 N–H and O–H groups in total. The van der Waals surface area contributed by atoms with Crippen molar-refractivity contribution in [3.8, 4) is 0 Å². The van der Waals surface area contributed by atoms with Crippen molar-refractivity contribution in [2.45, 2.75) is 193 Å². The van der Waals surface area contributed by atoms with Gasteiger partial charge in [0.2, 0.25) is 0 Å². The number of ether oxygens (including phenoxy) is 3. The van der Waals surface area contributed by atoms with Gasteiger partial charge >= 0.3 is 13.8 Å². The van der Waals surface area contributed by atoms with E-state index in [2.05, 4.69) is 50.3 Å². The number of rotatable bonds is 40. The summed E-state index contributed by atoms with van der Waals surface area (Å²) in [5.74, 6) is -0.392. The quantitative estimate of drug-likeness (QED) is 0.0124. The summed E-state index contributed by atoms with van der Waals surface area (Å²) in [7, 11) is 1.59. The van der Waals surface area contributed by atoms with Gasteiger partial charge in [-0.2, -0.15) is 0 Å². The lowest BCUT2D eigenvalue weighted by Crippen LogP contribution is -2.37. The normalized spacial score (nSPS) is 17.8. The minimum Gasteiger partial charge on any atom is -0.498 e. The van der Waals surface area contributed by atoms with E-state index in [0.29, 0.717) is 29.7 Å². The Labute approximate surface area is 343 Å². The highest BCUT2D eigenvalue weighted by Crippen LogP contribution is 2.43. The molecule has 4 atom stereocenters. The zero-order valence-corrected chi connectivity index (χ0v) is 37.5. The molecule has 0 bridgehead atoms. The summed E-state index contributed by atoms with van der Waals surface area (Å²) >= 11 is 0. The fourth-order valence-corrected chi connectivity index (χ4v) is 6.99. The van der Waals surface area contributed by atoms with Crippen LogP contribution in [-0.4, -0.2) is 81.2 Å². The van der Waals surface area contributed by atoms with Crippen molar-refractivity contribution in [3.63, 3.8) is 0 Å². The Bertz CT molecular complexity index is 1100. The van der Waals surface area contributed by atoms with E-state index >= 15 is 0 Å². The Morgan fingerprint density at radius 2 is 1.23 bits per heavy atom. The molecule has 326 valence electrons. The number of likely N-dealkylation sites (N-methyl/N-ethyl adjacent to an activating group) is 1. The molecular weight excluding hydrogens is 725 g/mol. The average molecular weight is 811 g/mol. The molecule has 0 aromatic heterocycles. The van der Waals surface area contributed by atoms with Crippen molar-refractivity contribution in [2.75, 3.05) is 47.5 Å². The number of allylic oxidation sites excluding steroid dienone is 6. The lowest BCUT2D eigenvalue weighted by Gasteiger charge is -2.24. The Kier molecular flexibility index (Phi) is 32.9. The van der Waals surface area contributed by atoms with Gasteiger partial charge in [-0.1, -0.05) is 153 Å². The first-order valence-electron chi connectivity index (χ1n) is 22.5. The molecule has 9 nitrogen and oxygen atoms in total. The second-order valence-electron chi connectivity index (χ2n) is 16.5. The monoisotopic (exact) mass is 811 g/mol. The molecule has 0 amide bonds. The lowest BCUT2D eigenvalue weighted by atomic mass is 10.0. The summed E-state index contributed by atoms with van der Waals surface area (Å²) in [6, 6.07) is 0.